The SMILES string of the molecule is C=C/C=C(/C)C1CC(C)=C(N(CC)CC)C=C1CC.CC. The van der Waals surface area contributed by atoms with Gasteiger partial charge in [-0.05, 0) is 52.2 Å². The Morgan fingerprint density at radius 1 is 1.29 bits per heavy atom. The van der Waals surface area contributed by atoms with Crippen LogP contribution in [0.5, 0.6) is 0 Å². The first-order valence-electron chi connectivity index (χ1n) is 8.53. The molecule has 0 amide bonds. The van der Waals surface area contributed by atoms with Crippen LogP contribution >= 0.6 is 0 Å². The second kappa shape index (κ2) is 10.5. The van der Waals surface area contributed by atoms with Crippen LogP contribution in [0.15, 0.2) is 47.2 Å². The van der Waals surface area contributed by atoms with E-state index in [0.717, 1.165) is 25.9 Å². The lowest BCUT2D eigenvalue weighted by molar-refractivity contribution is 0.382. The van der Waals surface area contributed by atoms with E-state index < -0.39 is 0 Å². The molecule has 0 aliphatic heterocycles. The molecule has 0 fully saturated rings. The highest BCUT2D eigenvalue weighted by atomic mass is 15.1. The molecular weight excluding hydrogens is 254 g/mol. The minimum Gasteiger partial charge on any atom is -0.372 e. The molecule has 0 bridgehead atoms. The van der Waals surface area contributed by atoms with Crippen LogP contribution in [0.1, 0.15) is 61.3 Å². The molecule has 0 aromatic rings. The summed E-state index contributed by atoms with van der Waals surface area (Å²) in [5.74, 6) is 0.572. The van der Waals surface area contributed by atoms with E-state index in [2.05, 4.69) is 58.2 Å². The van der Waals surface area contributed by atoms with Gasteiger partial charge in [-0.3, -0.25) is 0 Å². The Bertz CT molecular complexity index is 406. The van der Waals surface area contributed by atoms with Crippen LogP contribution in [0.4, 0.5) is 0 Å². The Hall–Kier alpha value is -1.24. The zero-order chi connectivity index (χ0) is 16.4. The van der Waals surface area contributed by atoms with Crippen molar-refractivity contribution < 1.29 is 0 Å². The van der Waals surface area contributed by atoms with Crippen LogP contribution in [0.25, 0.3) is 0 Å². The van der Waals surface area contributed by atoms with Gasteiger partial charge < -0.3 is 4.90 Å². The van der Waals surface area contributed by atoms with Crippen LogP contribution in [0.3, 0.4) is 0 Å². The summed E-state index contributed by atoms with van der Waals surface area (Å²) in [5, 5.41) is 0. The van der Waals surface area contributed by atoms with Crippen molar-refractivity contribution in [3.8, 4) is 0 Å². The van der Waals surface area contributed by atoms with Gasteiger partial charge in [0.25, 0.3) is 0 Å². The van der Waals surface area contributed by atoms with E-state index in [0.29, 0.717) is 5.92 Å². The summed E-state index contributed by atoms with van der Waals surface area (Å²) in [6.07, 6.45) is 8.77. The van der Waals surface area contributed by atoms with Crippen molar-refractivity contribution in [1.29, 1.82) is 0 Å². The van der Waals surface area contributed by atoms with Gasteiger partial charge in [-0.1, -0.05) is 50.6 Å². The zero-order valence-electron chi connectivity index (χ0n) is 15.3. The summed E-state index contributed by atoms with van der Waals surface area (Å²) >= 11 is 0. The maximum atomic E-state index is 3.82. The third-order valence-electron chi connectivity index (χ3n) is 4.16. The lowest BCUT2D eigenvalue weighted by Crippen LogP contribution is -2.25. The predicted molar refractivity (Wildman–Crippen MR) is 97.4 cm³/mol. The minimum atomic E-state index is 0.572. The van der Waals surface area contributed by atoms with Crippen LogP contribution in [0.2, 0.25) is 0 Å². The smallest absolute Gasteiger partial charge is 0.0355 e. The van der Waals surface area contributed by atoms with E-state index in [1.54, 1.807) is 5.57 Å². The van der Waals surface area contributed by atoms with Crippen molar-refractivity contribution in [2.75, 3.05) is 13.1 Å². The molecular formula is C20H35N. The molecule has 1 atom stereocenters. The molecule has 0 N–H and O–H groups in total. The minimum absolute atomic E-state index is 0.572. The first-order chi connectivity index (χ1) is 10.1. The Labute approximate surface area is 133 Å². The Kier molecular flexibility index (Phi) is 9.86. The molecule has 0 saturated heterocycles. The average Bonchev–Trinajstić information content (AvgIpc) is 2.51. The molecule has 120 valence electrons. The van der Waals surface area contributed by atoms with Crippen LogP contribution in [0, 0.1) is 5.92 Å². The molecule has 1 nitrogen and oxygen atoms in total. The molecule has 1 heteroatoms. The molecule has 1 unspecified atom stereocenters. The van der Waals surface area contributed by atoms with E-state index in [-0.39, 0.29) is 0 Å². The first kappa shape index (κ1) is 19.8. The van der Waals surface area contributed by atoms with Crippen LogP contribution in [-0.2, 0) is 0 Å². The third kappa shape index (κ3) is 5.22. The van der Waals surface area contributed by atoms with E-state index in [9.17, 15) is 0 Å². The van der Waals surface area contributed by atoms with Gasteiger partial charge in [0, 0.05) is 24.7 Å². The van der Waals surface area contributed by atoms with Gasteiger partial charge in [0.1, 0.15) is 0 Å². The van der Waals surface area contributed by atoms with Crippen molar-refractivity contribution in [2.45, 2.75) is 61.3 Å². The van der Waals surface area contributed by atoms with E-state index >= 15 is 0 Å². The second-order valence-corrected chi connectivity index (χ2v) is 5.31. The van der Waals surface area contributed by atoms with Gasteiger partial charge in [-0.15, -0.1) is 0 Å². The summed E-state index contributed by atoms with van der Waals surface area (Å²) in [6.45, 7) is 21.2. The molecule has 1 aliphatic rings. The topological polar surface area (TPSA) is 3.24 Å². The van der Waals surface area contributed by atoms with Crippen LogP contribution < -0.4 is 0 Å². The molecule has 1 aliphatic carbocycles. The zero-order valence-corrected chi connectivity index (χ0v) is 15.3. The Morgan fingerprint density at radius 3 is 2.29 bits per heavy atom. The molecule has 0 aromatic carbocycles. The standard InChI is InChI=1S/C18H29N.C2H6/c1-7-11-14(5)17-12-15(6)18(13-16(17)8-2)19(9-3)10-4;1-2/h7,11,13,17H,1,8-10,12H2,2-6H3;1-2H3/b14-11-;. The largest absolute Gasteiger partial charge is 0.372 e. The molecule has 0 aromatic heterocycles. The van der Waals surface area contributed by atoms with Crippen molar-refractivity contribution in [1.82, 2.24) is 4.90 Å². The fourth-order valence-corrected chi connectivity index (χ4v) is 2.97. The highest BCUT2D eigenvalue weighted by molar-refractivity contribution is 5.38. The van der Waals surface area contributed by atoms with Gasteiger partial charge in [0.05, 0.1) is 0 Å². The van der Waals surface area contributed by atoms with Crippen LogP contribution in [-0.4, -0.2) is 18.0 Å². The molecule has 1 rings (SSSR count). The number of nitrogens with zero attached hydrogens (tertiary/aromatic N) is 1. The predicted octanol–water partition coefficient (Wildman–Crippen LogP) is 6.12. The number of rotatable bonds is 6. The lowest BCUT2D eigenvalue weighted by atomic mass is 9.80. The summed E-state index contributed by atoms with van der Waals surface area (Å²) in [7, 11) is 0. The molecule has 0 spiro atoms. The van der Waals surface area contributed by atoms with E-state index in [1.807, 2.05) is 19.9 Å². The van der Waals surface area contributed by atoms with Gasteiger partial charge in [-0.25, -0.2) is 0 Å². The Balaban J connectivity index is 0.00000191. The van der Waals surface area contributed by atoms with Crippen molar-refractivity contribution in [3.63, 3.8) is 0 Å². The van der Waals surface area contributed by atoms with Gasteiger partial charge >= 0.3 is 0 Å². The monoisotopic (exact) mass is 289 g/mol. The van der Waals surface area contributed by atoms with Gasteiger partial charge in [0.2, 0.25) is 0 Å². The lowest BCUT2D eigenvalue weighted by Gasteiger charge is -2.32. The summed E-state index contributed by atoms with van der Waals surface area (Å²) < 4.78 is 0. The number of likely N-dealkylation sites (N-methyl/N-ethyl adjacent to an activating group) is 1. The molecule has 0 heterocycles. The van der Waals surface area contributed by atoms with E-state index in [1.165, 1.54) is 16.8 Å². The number of hydrogen-bond acceptors (Lipinski definition) is 1. The first-order valence-corrected chi connectivity index (χ1v) is 8.53. The van der Waals surface area contributed by atoms with Gasteiger partial charge in [-0.2, -0.15) is 0 Å². The molecule has 0 radical (unpaired) electrons. The number of allylic oxidation sites excluding steroid dienone is 6. The average molecular weight is 290 g/mol. The van der Waals surface area contributed by atoms with Crippen molar-refractivity contribution >= 4 is 0 Å². The van der Waals surface area contributed by atoms with E-state index in [4.69, 9.17) is 0 Å². The highest BCUT2D eigenvalue weighted by Crippen LogP contribution is 2.36. The normalized spacial score (nSPS) is 18.7. The molecule has 0 saturated carbocycles. The third-order valence-corrected chi connectivity index (χ3v) is 4.16. The summed E-state index contributed by atoms with van der Waals surface area (Å²) in [5.41, 5.74) is 5.95. The fourth-order valence-electron chi connectivity index (χ4n) is 2.97. The summed E-state index contributed by atoms with van der Waals surface area (Å²) in [4.78, 5) is 2.47. The van der Waals surface area contributed by atoms with Crippen molar-refractivity contribution in [2.24, 2.45) is 5.92 Å². The highest BCUT2D eigenvalue weighted by Gasteiger charge is 2.23. The Morgan fingerprint density at radius 2 is 1.86 bits per heavy atom. The second-order valence-electron chi connectivity index (χ2n) is 5.31. The quantitative estimate of drug-likeness (QED) is 0.533. The maximum Gasteiger partial charge on any atom is 0.0355 e. The maximum absolute atomic E-state index is 3.82. The molecule has 21 heavy (non-hydrogen) atoms. The van der Waals surface area contributed by atoms with Gasteiger partial charge in [0.15, 0.2) is 0 Å². The summed E-state index contributed by atoms with van der Waals surface area (Å²) in [6, 6.07) is 0. The van der Waals surface area contributed by atoms with Crippen molar-refractivity contribution in [3.05, 3.63) is 47.2 Å². The fraction of sp³-hybridized carbons (Fsp3) is 0.600. The number of hydrogen-bond donors (Lipinski definition) is 0.